The largest absolute Gasteiger partial charge is 0.391 e. The van der Waals surface area contributed by atoms with Crippen molar-refractivity contribution in [2.24, 2.45) is 11.7 Å². The quantitative estimate of drug-likeness (QED) is 0.870. The highest BCUT2D eigenvalue weighted by atomic mass is 35.5. The van der Waals surface area contributed by atoms with Crippen molar-refractivity contribution in [1.29, 1.82) is 0 Å². The van der Waals surface area contributed by atoms with E-state index in [2.05, 4.69) is 10.3 Å². The van der Waals surface area contributed by atoms with Gasteiger partial charge in [0.1, 0.15) is 5.69 Å². The fourth-order valence-electron chi connectivity index (χ4n) is 2.53. The van der Waals surface area contributed by atoms with Crippen molar-refractivity contribution in [2.75, 3.05) is 6.54 Å². The molecule has 1 aliphatic carbocycles. The molecule has 22 heavy (non-hydrogen) atoms. The summed E-state index contributed by atoms with van der Waals surface area (Å²) in [5.41, 5.74) is 5.67. The third-order valence-corrected chi connectivity index (χ3v) is 4.52. The van der Waals surface area contributed by atoms with Crippen molar-refractivity contribution in [1.82, 2.24) is 10.3 Å². The van der Waals surface area contributed by atoms with E-state index in [0.29, 0.717) is 25.8 Å². The van der Waals surface area contributed by atoms with Gasteiger partial charge in [-0.05, 0) is 25.8 Å². The van der Waals surface area contributed by atoms with Crippen LogP contribution in [0.3, 0.4) is 0 Å². The van der Waals surface area contributed by atoms with E-state index in [1.54, 1.807) is 5.38 Å². The van der Waals surface area contributed by atoms with Crippen LogP contribution in [0.25, 0.3) is 0 Å². The number of carbonyl (C=O) groups is 1. The number of alkyl halides is 3. The molecule has 0 aliphatic heterocycles. The molecule has 9 heteroatoms. The summed E-state index contributed by atoms with van der Waals surface area (Å²) in [6, 6.07) is -0.433. The normalized spacial score (nSPS) is 22.0. The number of nitrogens with two attached hydrogens (primary N) is 1. The number of nitrogens with zero attached hydrogens (tertiary/aromatic N) is 1. The van der Waals surface area contributed by atoms with Gasteiger partial charge in [0, 0.05) is 17.8 Å². The number of carbonyl (C=O) groups excluding carboxylic acids is 1. The van der Waals surface area contributed by atoms with Gasteiger partial charge in [-0.25, -0.2) is 4.98 Å². The van der Waals surface area contributed by atoms with Crippen LogP contribution < -0.4 is 11.1 Å². The Bertz CT molecular complexity index is 495. The number of rotatable bonds is 4. The Labute approximate surface area is 137 Å². The first-order chi connectivity index (χ1) is 9.90. The lowest BCUT2D eigenvalue weighted by Crippen LogP contribution is -2.41. The highest BCUT2D eigenvalue weighted by Crippen LogP contribution is 2.37. The van der Waals surface area contributed by atoms with E-state index in [1.807, 2.05) is 0 Å². The van der Waals surface area contributed by atoms with Gasteiger partial charge in [-0.1, -0.05) is 6.42 Å². The van der Waals surface area contributed by atoms with Gasteiger partial charge in [0.15, 0.2) is 0 Å². The summed E-state index contributed by atoms with van der Waals surface area (Å²) in [5, 5.41) is 5.05. The van der Waals surface area contributed by atoms with E-state index < -0.39 is 24.0 Å². The third kappa shape index (κ3) is 5.10. The van der Waals surface area contributed by atoms with Crippen molar-refractivity contribution in [3.05, 3.63) is 16.1 Å². The standard InChI is InChI=1S/C13H18F3N3OS.ClH/c14-13(15,16)8-2-1-3-9(6-8)18-12(20)10-7-21-11(19-10)4-5-17;/h7-9H,1-6,17H2,(H,18,20);1H. The molecule has 0 saturated heterocycles. The lowest BCUT2D eigenvalue weighted by molar-refractivity contribution is -0.183. The molecule has 2 rings (SSSR count). The Morgan fingerprint density at radius 3 is 2.82 bits per heavy atom. The number of amides is 1. The Kier molecular flexibility index (Phi) is 7.08. The molecule has 1 amide bonds. The molecule has 1 saturated carbocycles. The van der Waals surface area contributed by atoms with Gasteiger partial charge >= 0.3 is 6.18 Å². The molecule has 3 N–H and O–H groups in total. The van der Waals surface area contributed by atoms with Crippen molar-refractivity contribution in [3.8, 4) is 0 Å². The molecule has 1 heterocycles. The van der Waals surface area contributed by atoms with E-state index in [-0.39, 0.29) is 30.9 Å². The van der Waals surface area contributed by atoms with Crippen LogP contribution in [-0.2, 0) is 6.42 Å². The van der Waals surface area contributed by atoms with Crippen LogP contribution in [0.15, 0.2) is 5.38 Å². The fraction of sp³-hybridized carbons (Fsp3) is 0.692. The first-order valence-corrected chi connectivity index (χ1v) is 7.80. The Hall–Kier alpha value is -0.860. The second kappa shape index (κ2) is 8.12. The second-order valence-corrected chi connectivity index (χ2v) is 6.18. The smallest absolute Gasteiger partial charge is 0.348 e. The molecule has 0 spiro atoms. The number of aromatic nitrogens is 1. The first kappa shape index (κ1) is 19.2. The summed E-state index contributed by atoms with van der Waals surface area (Å²) in [6.45, 7) is 0.449. The minimum atomic E-state index is -4.18. The number of thiazole rings is 1. The third-order valence-electron chi connectivity index (χ3n) is 3.61. The molecule has 4 nitrogen and oxygen atoms in total. The SMILES string of the molecule is Cl.NCCc1nc(C(=O)NC2CCCC(C(F)(F)F)C2)cs1. The van der Waals surface area contributed by atoms with Crippen LogP contribution in [0.5, 0.6) is 0 Å². The van der Waals surface area contributed by atoms with Crippen LogP contribution in [0.4, 0.5) is 13.2 Å². The van der Waals surface area contributed by atoms with Gasteiger partial charge in [-0.15, -0.1) is 23.7 Å². The van der Waals surface area contributed by atoms with Crippen LogP contribution in [0, 0.1) is 5.92 Å². The lowest BCUT2D eigenvalue weighted by Gasteiger charge is -2.30. The Balaban J connectivity index is 0.00000242. The average Bonchev–Trinajstić information content (AvgIpc) is 2.87. The van der Waals surface area contributed by atoms with E-state index in [9.17, 15) is 18.0 Å². The van der Waals surface area contributed by atoms with E-state index >= 15 is 0 Å². The van der Waals surface area contributed by atoms with E-state index in [4.69, 9.17) is 5.73 Å². The van der Waals surface area contributed by atoms with Gasteiger partial charge in [-0.2, -0.15) is 13.2 Å². The number of halogens is 4. The predicted octanol–water partition coefficient (Wildman–Crippen LogP) is 2.92. The highest BCUT2D eigenvalue weighted by Gasteiger charge is 2.42. The van der Waals surface area contributed by atoms with E-state index in [1.165, 1.54) is 11.3 Å². The summed E-state index contributed by atoms with van der Waals surface area (Å²) in [7, 11) is 0. The van der Waals surface area contributed by atoms with Gasteiger partial charge in [0.2, 0.25) is 0 Å². The predicted molar refractivity (Wildman–Crippen MR) is 81.4 cm³/mol. The topological polar surface area (TPSA) is 68.0 Å². The minimum absolute atomic E-state index is 0. The number of nitrogens with one attached hydrogen (secondary N) is 1. The Morgan fingerprint density at radius 1 is 1.45 bits per heavy atom. The Morgan fingerprint density at radius 2 is 2.18 bits per heavy atom. The maximum Gasteiger partial charge on any atom is 0.391 e. The van der Waals surface area contributed by atoms with Crippen LogP contribution >= 0.6 is 23.7 Å². The van der Waals surface area contributed by atoms with E-state index in [0.717, 1.165) is 5.01 Å². The van der Waals surface area contributed by atoms with Crippen LogP contribution in [0.2, 0.25) is 0 Å². The molecule has 126 valence electrons. The fourth-order valence-corrected chi connectivity index (χ4v) is 3.33. The zero-order chi connectivity index (χ0) is 15.5. The molecule has 0 aromatic carbocycles. The molecule has 1 aromatic rings. The molecule has 1 aromatic heterocycles. The molecule has 0 radical (unpaired) electrons. The number of hydrogen-bond donors (Lipinski definition) is 2. The molecule has 1 aliphatic rings. The van der Waals surface area contributed by atoms with Crippen LogP contribution in [0.1, 0.15) is 41.2 Å². The zero-order valence-electron chi connectivity index (χ0n) is 11.9. The maximum absolute atomic E-state index is 12.7. The monoisotopic (exact) mass is 357 g/mol. The maximum atomic E-state index is 12.7. The van der Waals surface area contributed by atoms with Gasteiger partial charge in [0.05, 0.1) is 10.9 Å². The van der Waals surface area contributed by atoms with Gasteiger partial charge < -0.3 is 11.1 Å². The molecule has 0 bridgehead atoms. The van der Waals surface area contributed by atoms with Crippen LogP contribution in [-0.4, -0.2) is 29.7 Å². The van der Waals surface area contributed by atoms with Crippen molar-refractivity contribution in [2.45, 2.75) is 44.3 Å². The minimum Gasteiger partial charge on any atom is -0.348 e. The summed E-state index contributed by atoms with van der Waals surface area (Å²) in [5.74, 6) is -1.72. The van der Waals surface area contributed by atoms with Crippen molar-refractivity contribution < 1.29 is 18.0 Å². The average molecular weight is 358 g/mol. The molecular formula is C13H19ClF3N3OS. The zero-order valence-corrected chi connectivity index (χ0v) is 13.5. The van der Waals surface area contributed by atoms with Gasteiger partial charge in [0.25, 0.3) is 5.91 Å². The lowest BCUT2D eigenvalue weighted by atomic mass is 9.85. The van der Waals surface area contributed by atoms with Gasteiger partial charge in [-0.3, -0.25) is 4.79 Å². The summed E-state index contributed by atoms with van der Waals surface area (Å²) in [4.78, 5) is 16.1. The summed E-state index contributed by atoms with van der Waals surface area (Å²) in [6.07, 6.45) is -2.43. The molecule has 2 atom stereocenters. The first-order valence-electron chi connectivity index (χ1n) is 6.92. The molecule has 2 unspecified atom stereocenters. The molecular weight excluding hydrogens is 339 g/mol. The van der Waals surface area contributed by atoms with Crippen molar-refractivity contribution in [3.63, 3.8) is 0 Å². The summed E-state index contributed by atoms with van der Waals surface area (Å²) >= 11 is 1.34. The second-order valence-electron chi connectivity index (χ2n) is 5.24. The molecule has 1 fully saturated rings. The van der Waals surface area contributed by atoms with Crippen molar-refractivity contribution >= 4 is 29.7 Å². The number of hydrogen-bond acceptors (Lipinski definition) is 4. The summed E-state index contributed by atoms with van der Waals surface area (Å²) < 4.78 is 38.2. The highest BCUT2D eigenvalue weighted by molar-refractivity contribution is 7.09.